The van der Waals surface area contributed by atoms with Crippen molar-refractivity contribution in [2.24, 2.45) is 56.7 Å². The summed E-state index contributed by atoms with van der Waals surface area (Å²) >= 11 is 0. The van der Waals surface area contributed by atoms with E-state index < -0.39 is 0 Å². The van der Waals surface area contributed by atoms with Crippen molar-refractivity contribution >= 4 is 12.3 Å². The Kier molecular flexibility index (Phi) is 5.79. The maximum Gasteiger partial charge on any atom is 0.302 e. The zero-order chi connectivity index (χ0) is 25.6. The molecule has 196 valence electrons. The normalized spacial score (nSPS) is 52.3. The van der Waals surface area contributed by atoms with Crippen molar-refractivity contribution in [3.05, 3.63) is 12.2 Å². The first kappa shape index (κ1) is 25.5. The lowest BCUT2D eigenvalue weighted by Gasteiger charge is -2.72. The van der Waals surface area contributed by atoms with E-state index in [2.05, 4.69) is 48.1 Å². The van der Waals surface area contributed by atoms with E-state index in [-0.39, 0.29) is 33.7 Å². The highest BCUT2D eigenvalue weighted by atomic mass is 16.5. The Morgan fingerprint density at radius 2 is 1.54 bits per heavy atom. The number of carbonyl (C=O) groups excluding carboxylic acids is 2. The fourth-order valence-electron chi connectivity index (χ4n) is 11.8. The first-order valence-electron chi connectivity index (χ1n) is 14.6. The summed E-state index contributed by atoms with van der Waals surface area (Å²) in [5, 5.41) is 0. The molecule has 0 amide bonds. The number of hydrogen-bond acceptors (Lipinski definition) is 3. The number of aldehydes is 1. The van der Waals surface area contributed by atoms with Crippen LogP contribution in [0.5, 0.6) is 0 Å². The lowest BCUT2D eigenvalue weighted by atomic mass is 9.32. The van der Waals surface area contributed by atoms with Crippen molar-refractivity contribution in [2.45, 2.75) is 119 Å². The van der Waals surface area contributed by atoms with Crippen LogP contribution in [0.1, 0.15) is 113 Å². The highest BCUT2D eigenvalue weighted by Crippen LogP contribution is 2.77. The summed E-state index contributed by atoms with van der Waals surface area (Å²) in [4.78, 5) is 24.5. The Bertz CT molecular complexity index is 920. The Morgan fingerprint density at radius 3 is 2.17 bits per heavy atom. The van der Waals surface area contributed by atoms with Crippen molar-refractivity contribution in [2.75, 3.05) is 0 Å². The molecule has 35 heavy (non-hydrogen) atoms. The molecule has 5 aliphatic rings. The minimum Gasteiger partial charge on any atom is -0.462 e. The third kappa shape index (κ3) is 3.21. The number of hydrogen-bond donors (Lipinski definition) is 0. The fraction of sp³-hybridized carbons (Fsp3) is 0.875. The van der Waals surface area contributed by atoms with Crippen LogP contribution in [-0.4, -0.2) is 18.4 Å². The topological polar surface area (TPSA) is 43.4 Å². The third-order valence-corrected chi connectivity index (χ3v) is 13.6. The first-order valence-corrected chi connectivity index (χ1v) is 14.6. The van der Waals surface area contributed by atoms with Crippen molar-refractivity contribution in [1.29, 1.82) is 0 Å². The van der Waals surface area contributed by atoms with E-state index in [0.29, 0.717) is 35.0 Å². The van der Waals surface area contributed by atoms with Crippen molar-refractivity contribution in [1.82, 2.24) is 0 Å². The standard InChI is InChI=1S/C32H50O3/c1-20(2)22-11-16-32(19-33)18-17-30(7)23(27(22)32)9-10-25-29(6)14-13-26(35-21(3)34)28(4,5)24(29)12-15-31(25,30)8/h19,22-27H,1,9-18H2,2-8H3/t22-,23+,24-,25+,26-,27+,29-,30-,31+,32+/m0/s1. The van der Waals surface area contributed by atoms with Gasteiger partial charge in [-0.25, -0.2) is 0 Å². The van der Waals surface area contributed by atoms with Crippen LogP contribution < -0.4 is 0 Å². The molecule has 0 aromatic heterocycles. The van der Waals surface area contributed by atoms with Crippen LogP contribution in [0.25, 0.3) is 0 Å². The van der Waals surface area contributed by atoms with Crippen LogP contribution in [0.2, 0.25) is 0 Å². The molecule has 0 aliphatic heterocycles. The molecule has 0 aromatic rings. The molecule has 5 rings (SSSR count). The number of allylic oxidation sites excluding steroid dienone is 1. The van der Waals surface area contributed by atoms with E-state index in [0.717, 1.165) is 32.1 Å². The number of ether oxygens (including phenoxy) is 1. The molecule has 0 unspecified atom stereocenters. The maximum atomic E-state index is 12.6. The second-order valence-electron chi connectivity index (χ2n) is 15.0. The molecule has 5 aliphatic carbocycles. The molecular weight excluding hydrogens is 432 g/mol. The SMILES string of the molecule is C=C(C)[C@@H]1CC[C@]2(C=O)CC[C@@]3(C)[C@H](CC[C@@H]4[C@@]5(C)CC[C@H](OC(C)=O)C(C)(C)[C@@H]5CC[C@]43C)[C@@H]12. The quantitative estimate of drug-likeness (QED) is 0.234. The first-order chi connectivity index (χ1) is 16.3. The average molecular weight is 483 g/mol. The van der Waals surface area contributed by atoms with Gasteiger partial charge in [-0.3, -0.25) is 4.79 Å². The van der Waals surface area contributed by atoms with Gasteiger partial charge in [-0.2, -0.15) is 0 Å². The zero-order valence-corrected chi connectivity index (χ0v) is 23.5. The van der Waals surface area contributed by atoms with Crippen LogP contribution in [0.4, 0.5) is 0 Å². The maximum absolute atomic E-state index is 12.6. The van der Waals surface area contributed by atoms with Gasteiger partial charge in [0.25, 0.3) is 0 Å². The van der Waals surface area contributed by atoms with Crippen molar-refractivity contribution < 1.29 is 14.3 Å². The van der Waals surface area contributed by atoms with Gasteiger partial charge in [0.1, 0.15) is 12.4 Å². The lowest BCUT2D eigenvalue weighted by Crippen LogP contribution is -2.66. The molecule has 5 saturated carbocycles. The predicted octanol–water partition coefficient (Wildman–Crippen LogP) is 7.77. The van der Waals surface area contributed by atoms with Gasteiger partial charge in [0.15, 0.2) is 0 Å². The minimum atomic E-state index is -0.134. The molecule has 0 aromatic carbocycles. The van der Waals surface area contributed by atoms with Gasteiger partial charge in [-0.1, -0.05) is 46.8 Å². The molecule has 0 heterocycles. The highest BCUT2D eigenvalue weighted by Gasteiger charge is 2.71. The van der Waals surface area contributed by atoms with Gasteiger partial charge in [-0.05, 0) is 117 Å². The van der Waals surface area contributed by atoms with Crippen molar-refractivity contribution in [3.63, 3.8) is 0 Å². The monoisotopic (exact) mass is 482 g/mol. The molecule has 0 N–H and O–H groups in total. The number of carbonyl (C=O) groups is 2. The molecule has 3 heteroatoms. The van der Waals surface area contributed by atoms with E-state index >= 15 is 0 Å². The third-order valence-electron chi connectivity index (χ3n) is 13.6. The largest absolute Gasteiger partial charge is 0.462 e. The summed E-state index contributed by atoms with van der Waals surface area (Å²) in [6, 6.07) is 0. The number of esters is 1. The van der Waals surface area contributed by atoms with E-state index in [1.165, 1.54) is 44.0 Å². The average Bonchev–Trinajstić information content (AvgIpc) is 3.16. The van der Waals surface area contributed by atoms with Gasteiger partial charge in [0.05, 0.1) is 0 Å². The summed E-state index contributed by atoms with van der Waals surface area (Å²) < 4.78 is 5.89. The molecule has 0 spiro atoms. The van der Waals surface area contributed by atoms with Gasteiger partial charge in [0, 0.05) is 17.8 Å². The van der Waals surface area contributed by atoms with Crippen molar-refractivity contribution in [3.8, 4) is 0 Å². The summed E-state index contributed by atoms with van der Waals surface area (Å²) in [6.45, 7) is 20.8. The number of fused-ring (bicyclic) bond motifs is 7. The van der Waals surface area contributed by atoms with Crippen LogP contribution in [0.3, 0.4) is 0 Å². The summed E-state index contributed by atoms with van der Waals surface area (Å²) in [5.41, 5.74) is 2.05. The minimum absolute atomic E-state index is 0.00743. The van der Waals surface area contributed by atoms with Gasteiger partial charge < -0.3 is 9.53 Å². The van der Waals surface area contributed by atoms with E-state index in [4.69, 9.17) is 4.74 Å². The highest BCUT2D eigenvalue weighted by molar-refractivity contribution is 5.66. The lowest BCUT2D eigenvalue weighted by molar-refractivity contribution is -0.247. The Balaban J connectivity index is 1.51. The van der Waals surface area contributed by atoms with E-state index in [9.17, 15) is 9.59 Å². The Hall–Kier alpha value is -1.12. The second-order valence-corrected chi connectivity index (χ2v) is 15.0. The predicted molar refractivity (Wildman–Crippen MR) is 141 cm³/mol. The summed E-state index contributed by atoms with van der Waals surface area (Å²) in [7, 11) is 0. The van der Waals surface area contributed by atoms with E-state index in [1.807, 2.05) is 0 Å². The zero-order valence-electron chi connectivity index (χ0n) is 23.5. The molecular formula is C32H50O3. The molecule has 5 fully saturated rings. The summed E-state index contributed by atoms with van der Waals surface area (Å²) in [6.07, 6.45) is 13.1. The van der Waals surface area contributed by atoms with Gasteiger partial charge >= 0.3 is 5.97 Å². The molecule has 0 saturated heterocycles. The summed E-state index contributed by atoms with van der Waals surface area (Å²) in [5.74, 6) is 2.76. The molecule has 10 atom stereocenters. The Morgan fingerprint density at radius 1 is 0.829 bits per heavy atom. The smallest absolute Gasteiger partial charge is 0.302 e. The molecule has 3 nitrogen and oxygen atoms in total. The fourth-order valence-corrected chi connectivity index (χ4v) is 11.8. The Labute approximate surface area is 214 Å². The van der Waals surface area contributed by atoms with Crippen LogP contribution >= 0.6 is 0 Å². The van der Waals surface area contributed by atoms with Crippen LogP contribution in [-0.2, 0) is 14.3 Å². The van der Waals surface area contributed by atoms with Crippen LogP contribution in [0, 0.1) is 56.7 Å². The van der Waals surface area contributed by atoms with Gasteiger partial charge in [-0.15, -0.1) is 0 Å². The molecule has 0 bridgehead atoms. The van der Waals surface area contributed by atoms with E-state index in [1.54, 1.807) is 6.92 Å². The van der Waals surface area contributed by atoms with Gasteiger partial charge in [0.2, 0.25) is 0 Å². The second kappa shape index (κ2) is 7.94. The van der Waals surface area contributed by atoms with Crippen LogP contribution in [0.15, 0.2) is 12.2 Å². The molecule has 0 radical (unpaired) electrons. The number of rotatable bonds is 3.